The Hall–Kier alpha value is -1.50. The summed E-state index contributed by atoms with van der Waals surface area (Å²) in [5.41, 5.74) is -0.514. The summed E-state index contributed by atoms with van der Waals surface area (Å²) in [6.45, 7) is 3.04. The van der Waals surface area contributed by atoms with Gasteiger partial charge in [0.25, 0.3) is 5.56 Å². The van der Waals surface area contributed by atoms with E-state index in [1.807, 2.05) is 11.8 Å². The quantitative estimate of drug-likeness (QED) is 0.779. The molecule has 0 aliphatic carbocycles. The Balaban J connectivity index is 2.13. The number of nitrogens with one attached hydrogen (secondary N) is 1. The summed E-state index contributed by atoms with van der Waals surface area (Å²) in [7, 11) is 0. The number of hydrogen-bond acceptors (Lipinski definition) is 4. The van der Waals surface area contributed by atoms with Crippen molar-refractivity contribution in [2.24, 2.45) is 0 Å². The van der Waals surface area contributed by atoms with Gasteiger partial charge in [0.2, 0.25) is 5.91 Å². The second-order valence-electron chi connectivity index (χ2n) is 4.19. The zero-order chi connectivity index (χ0) is 13.1. The van der Waals surface area contributed by atoms with Crippen LogP contribution >= 0.6 is 11.8 Å². The van der Waals surface area contributed by atoms with Gasteiger partial charge < -0.3 is 4.90 Å². The van der Waals surface area contributed by atoms with E-state index in [9.17, 15) is 14.4 Å². The van der Waals surface area contributed by atoms with Crippen molar-refractivity contribution < 1.29 is 4.79 Å². The number of aromatic amines is 1. The van der Waals surface area contributed by atoms with Crippen molar-refractivity contribution >= 4 is 17.7 Å². The molecule has 6 nitrogen and oxygen atoms in total. The van der Waals surface area contributed by atoms with Gasteiger partial charge in [-0.2, -0.15) is 11.8 Å². The van der Waals surface area contributed by atoms with E-state index in [0.29, 0.717) is 5.56 Å². The van der Waals surface area contributed by atoms with Crippen LogP contribution in [0.1, 0.15) is 5.56 Å². The number of H-pyrrole nitrogens is 1. The molecule has 0 bridgehead atoms. The number of hydrogen-bond donors (Lipinski definition) is 1. The lowest BCUT2D eigenvalue weighted by atomic mass is 10.3. The summed E-state index contributed by atoms with van der Waals surface area (Å²) in [6.07, 6.45) is 1.43. The molecular weight excluding hydrogens is 254 g/mol. The van der Waals surface area contributed by atoms with Gasteiger partial charge in [-0.25, -0.2) is 4.79 Å². The number of rotatable bonds is 2. The number of carbonyl (C=O) groups is 1. The molecule has 0 saturated carbocycles. The van der Waals surface area contributed by atoms with Gasteiger partial charge in [-0.3, -0.25) is 19.1 Å². The number of amides is 1. The van der Waals surface area contributed by atoms with Crippen LogP contribution in [0, 0.1) is 6.92 Å². The van der Waals surface area contributed by atoms with E-state index in [4.69, 9.17) is 0 Å². The van der Waals surface area contributed by atoms with Gasteiger partial charge in [0.1, 0.15) is 6.54 Å². The van der Waals surface area contributed by atoms with E-state index in [1.165, 1.54) is 10.8 Å². The second kappa shape index (κ2) is 5.43. The first-order valence-electron chi connectivity index (χ1n) is 5.74. The van der Waals surface area contributed by atoms with Gasteiger partial charge in [0.05, 0.1) is 0 Å². The highest BCUT2D eigenvalue weighted by Gasteiger charge is 2.17. The molecule has 1 saturated heterocycles. The summed E-state index contributed by atoms with van der Waals surface area (Å²) in [4.78, 5) is 38.7. The lowest BCUT2D eigenvalue weighted by molar-refractivity contribution is -0.131. The Labute approximate surface area is 108 Å². The lowest BCUT2D eigenvalue weighted by Gasteiger charge is -2.26. The minimum absolute atomic E-state index is 0.0128. The van der Waals surface area contributed by atoms with E-state index < -0.39 is 11.2 Å². The Morgan fingerprint density at radius 1 is 1.39 bits per heavy atom. The molecule has 98 valence electrons. The van der Waals surface area contributed by atoms with E-state index >= 15 is 0 Å². The summed E-state index contributed by atoms with van der Waals surface area (Å²) in [5.74, 6) is 1.79. The van der Waals surface area contributed by atoms with Crippen LogP contribution in [0.3, 0.4) is 0 Å². The van der Waals surface area contributed by atoms with Crippen LogP contribution in [0.4, 0.5) is 0 Å². The molecule has 1 aromatic rings. The SMILES string of the molecule is Cc1cn(CC(=O)N2CCSCC2)c(=O)[nH]c1=O. The normalized spacial score (nSPS) is 15.7. The Bertz CT molecular complexity index is 557. The molecule has 18 heavy (non-hydrogen) atoms. The first kappa shape index (κ1) is 12.9. The largest absolute Gasteiger partial charge is 0.339 e. The van der Waals surface area contributed by atoms with E-state index in [1.54, 1.807) is 11.8 Å². The molecule has 0 aromatic carbocycles. The topological polar surface area (TPSA) is 75.2 Å². The summed E-state index contributed by atoms with van der Waals surface area (Å²) < 4.78 is 1.25. The molecule has 0 atom stereocenters. The first-order chi connectivity index (χ1) is 8.58. The molecule has 1 N–H and O–H groups in total. The molecule has 1 aliphatic heterocycles. The summed E-state index contributed by atoms with van der Waals surface area (Å²) in [5, 5.41) is 0. The Kier molecular flexibility index (Phi) is 3.90. The number of aryl methyl sites for hydroxylation is 1. The predicted octanol–water partition coefficient (Wildman–Crippen LogP) is -0.580. The molecule has 0 spiro atoms. The van der Waals surface area contributed by atoms with Gasteiger partial charge in [0, 0.05) is 36.4 Å². The van der Waals surface area contributed by atoms with E-state index in [0.717, 1.165) is 24.6 Å². The van der Waals surface area contributed by atoms with Gasteiger partial charge in [-0.1, -0.05) is 0 Å². The Morgan fingerprint density at radius 2 is 2.06 bits per heavy atom. The standard InChI is InChI=1S/C11H15N3O3S/c1-8-6-14(11(17)12-10(8)16)7-9(15)13-2-4-18-5-3-13/h6H,2-5,7H2,1H3,(H,12,16,17). The number of thioether (sulfide) groups is 1. The maximum Gasteiger partial charge on any atom is 0.328 e. The van der Waals surface area contributed by atoms with Crippen LogP contribution in [0.2, 0.25) is 0 Å². The third-order valence-electron chi connectivity index (χ3n) is 2.86. The average molecular weight is 269 g/mol. The third kappa shape index (κ3) is 2.84. The molecule has 1 aliphatic rings. The lowest BCUT2D eigenvalue weighted by Crippen LogP contribution is -2.42. The van der Waals surface area contributed by atoms with Gasteiger partial charge in [0.15, 0.2) is 0 Å². The van der Waals surface area contributed by atoms with Crippen LogP contribution in [-0.2, 0) is 11.3 Å². The molecule has 1 aromatic heterocycles. The highest BCUT2D eigenvalue weighted by atomic mass is 32.2. The van der Waals surface area contributed by atoms with Gasteiger partial charge in [-0.05, 0) is 6.92 Å². The zero-order valence-corrected chi connectivity index (χ0v) is 11.0. The van der Waals surface area contributed by atoms with Crippen molar-refractivity contribution in [3.05, 3.63) is 32.6 Å². The van der Waals surface area contributed by atoms with Crippen molar-refractivity contribution in [2.75, 3.05) is 24.6 Å². The highest BCUT2D eigenvalue weighted by Crippen LogP contribution is 2.09. The van der Waals surface area contributed by atoms with Crippen molar-refractivity contribution in [3.8, 4) is 0 Å². The Morgan fingerprint density at radius 3 is 2.72 bits per heavy atom. The summed E-state index contributed by atoms with van der Waals surface area (Å²) in [6, 6.07) is 0. The van der Waals surface area contributed by atoms with Crippen molar-refractivity contribution in [2.45, 2.75) is 13.5 Å². The second-order valence-corrected chi connectivity index (χ2v) is 5.42. The fourth-order valence-corrected chi connectivity index (χ4v) is 2.70. The van der Waals surface area contributed by atoms with Crippen LogP contribution in [-0.4, -0.2) is 45.0 Å². The van der Waals surface area contributed by atoms with E-state index in [2.05, 4.69) is 4.98 Å². The maximum absolute atomic E-state index is 12.0. The molecule has 2 rings (SSSR count). The highest BCUT2D eigenvalue weighted by molar-refractivity contribution is 7.99. The smallest absolute Gasteiger partial charge is 0.328 e. The van der Waals surface area contributed by atoms with Crippen molar-refractivity contribution in [1.29, 1.82) is 0 Å². The maximum atomic E-state index is 12.0. The minimum Gasteiger partial charge on any atom is -0.339 e. The van der Waals surface area contributed by atoms with Gasteiger partial charge in [-0.15, -0.1) is 0 Å². The van der Waals surface area contributed by atoms with Crippen LogP contribution in [0.25, 0.3) is 0 Å². The molecule has 1 fully saturated rings. The molecule has 1 amide bonds. The monoisotopic (exact) mass is 269 g/mol. The van der Waals surface area contributed by atoms with Crippen molar-refractivity contribution in [3.63, 3.8) is 0 Å². The van der Waals surface area contributed by atoms with Crippen molar-refractivity contribution in [1.82, 2.24) is 14.5 Å². The molecule has 7 heteroatoms. The molecule has 0 radical (unpaired) electrons. The van der Waals surface area contributed by atoms with Crippen LogP contribution in [0.5, 0.6) is 0 Å². The fourth-order valence-electron chi connectivity index (χ4n) is 1.79. The number of aromatic nitrogens is 2. The fraction of sp³-hybridized carbons (Fsp3) is 0.545. The van der Waals surface area contributed by atoms with Gasteiger partial charge >= 0.3 is 5.69 Å². The minimum atomic E-state index is -0.537. The molecule has 0 unspecified atom stereocenters. The summed E-state index contributed by atoms with van der Waals surface area (Å²) >= 11 is 1.82. The average Bonchev–Trinajstić information content (AvgIpc) is 2.37. The zero-order valence-electron chi connectivity index (χ0n) is 10.1. The predicted molar refractivity (Wildman–Crippen MR) is 70.0 cm³/mol. The third-order valence-corrected chi connectivity index (χ3v) is 3.80. The van der Waals surface area contributed by atoms with E-state index in [-0.39, 0.29) is 12.5 Å². The molecule has 2 heterocycles. The first-order valence-corrected chi connectivity index (χ1v) is 6.89. The van der Waals surface area contributed by atoms with Crippen LogP contribution < -0.4 is 11.2 Å². The number of carbonyl (C=O) groups excluding carboxylic acids is 1. The number of nitrogens with zero attached hydrogens (tertiary/aromatic N) is 2. The molecular formula is C11H15N3O3S. The van der Waals surface area contributed by atoms with Crippen LogP contribution in [0.15, 0.2) is 15.8 Å².